The van der Waals surface area contributed by atoms with Gasteiger partial charge >= 0.3 is 0 Å². The number of ether oxygens (including phenoxy) is 1. The summed E-state index contributed by atoms with van der Waals surface area (Å²) in [5.74, 6) is 0.0830. The van der Waals surface area contributed by atoms with Crippen LogP contribution in [0.5, 0.6) is 0 Å². The molecule has 0 bridgehead atoms. The second-order valence-electron chi connectivity index (χ2n) is 5.27. The molecule has 1 amide bonds. The first-order valence-corrected chi connectivity index (χ1v) is 7.52. The Balaban J connectivity index is 1.78. The van der Waals surface area contributed by atoms with Crippen molar-refractivity contribution in [2.24, 2.45) is 0 Å². The van der Waals surface area contributed by atoms with Gasteiger partial charge in [-0.2, -0.15) is 0 Å². The summed E-state index contributed by atoms with van der Waals surface area (Å²) in [6, 6.07) is 7.87. The van der Waals surface area contributed by atoms with E-state index in [4.69, 9.17) is 16.3 Å². The van der Waals surface area contributed by atoms with E-state index in [2.05, 4.69) is 5.32 Å². The number of likely N-dealkylation sites (tertiary alicyclic amines) is 1. The Kier molecular flexibility index (Phi) is 4.24. The molecule has 2 unspecified atom stereocenters. The van der Waals surface area contributed by atoms with Crippen molar-refractivity contribution in [2.45, 2.75) is 25.0 Å². The van der Waals surface area contributed by atoms with Gasteiger partial charge in [-0.3, -0.25) is 4.79 Å². The molecule has 2 saturated heterocycles. The lowest BCUT2D eigenvalue weighted by atomic mass is 10.0. The number of carbonyl (C=O) groups is 1. The molecule has 5 heteroatoms. The van der Waals surface area contributed by atoms with Crippen LogP contribution >= 0.6 is 11.6 Å². The van der Waals surface area contributed by atoms with E-state index in [0.29, 0.717) is 13.2 Å². The average Bonchev–Trinajstić information content (AvgIpc) is 2.97. The van der Waals surface area contributed by atoms with Crippen LogP contribution in [0.3, 0.4) is 0 Å². The highest BCUT2D eigenvalue weighted by Crippen LogP contribution is 2.36. The molecule has 1 N–H and O–H groups in total. The van der Waals surface area contributed by atoms with E-state index in [1.807, 2.05) is 29.2 Å². The topological polar surface area (TPSA) is 41.6 Å². The minimum Gasteiger partial charge on any atom is -0.366 e. The number of hydrogen-bond acceptors (Lipinski definition) is 3. The molecule has 2 fully saturated rings. The van der Waals surface area contributed by atoms with Gasteiger partial charge in [0.25, 0.3) is 5.91 Å². The Hall–Kier alpha value is -1.10. The molecule has 1 aromatic carbocycles. The van der Waals surface area contributed by atoms with E-state index in [9.17, 15) is 4.79 Å². The van der Waals surface area contributed by atoms with E-state index >= 15 is 0 Å². The molecular formula is C15H19ClN2O2. The number of benzene rings is 1. The Morgan fingerprint density at radius 2 is 2.25 bits per heavy atom. The number of halogens is 1. The number of rotatable bonds is 2. The Morgan fingerprint density at radius 3 is 3.00 bits per heavy atom. The maximum absolute atomic E-state index is 12.6. The Morgan fingerprint density at radius 1 is 1.40 bits per heavy atom. The molecule has 0 aromatic heterocycles. The number of amides is 1. The van der Waals surface area contributed by atoms with Gasteiger partial charge in [0.1, 0.15) is 6.10 Å². The van der Waals surface area contributed by atoms with E-state index in [1.165, 1.54) is 0 Å². The molecule has 0 radical (unpaired) electrons. The molecule has 2 heterocycles. The van der Waals surface area contributed by atoms with Gasteiger partial charge in [-0.25, -0.2) is 0 Å². The molecular weight excluding hydrogens is 276 g/mol. The molecule has 2 aliphatic rings. The monoisotopic (exact) mass is 294 g/mol. The van der Waals surface area contributed by atoms with E-state index < -0.39 is 0 Å². The van der Waals surface area contributed by atoms with E-state index in [-0.39, 0.29) is 18.1 Å². The van der Waals surface area contributed by atoms with Crippen molar-refractivity contribution in [3.63, 3.8) is 0 Å². The van der Waals surface area contributed by atoms with Crippen molar-refractivity contribution in [3.8, 4) is 0 Å². The fourth-order valence-corrected chi connectivity index (χ4v) is 3.27. The first-order chi connectivity index (χ1) is 9.77. The van der Waals surface area contributed by atoms with Crippen LogP contribution in [0.2, 0.25) is 5.02 Å². The molecule has 2 aliphatic heterocycles. The van der Waals surface area contributed by atoms with Gasteiger partial charge in [-0.1, -0.05) is 29.8 Å². The van der Waals surface area contributed by atoms with Crippen LogP contribution in [-0.4, -0.2) is 43.2 Å². The summed E-state index contributed by atoms with van der Waals surface area (Å²) in [4.78, 5) is 14.5. The van der Waals surface area contributed by atoms with E-state index in [0.717, 1.165) is 36.5 Å². The molecule has 0 spiro atoms. The van der Waals surface area contributed by atoms with Crippen molar-refractivity contribution in [1.29, 1.82) is 0 Å². The summed E-state index contributed by atoms with van der Waals surface area (Å²) in [7, 11) is 0. The number of nitrogens with one attached hydrogen (secondary N) is 1. The Bertz CT molecular complexity index is 489. The zero-order chi connectivity index (χ0) is 13.9. The van der Waals surface area contributed by atoms with Crippen molar-refractivity contribution >= 4 is 17.5 Å². The first-order valence-electron chi connectivity index (χ1n) is 7.14. The summed E-state index contributed by atoms with van der Waals surface area (Å²) in [5.41, 5.74) is 1.05. The second-order valence-corrected chi connectivity index (χ2v) is 5.68. The number of carbonyl (C=O) groups excluding carboxylic acids is 1. The van der Waals surface area contributed by atoms with Gasteiger partial charge in [0.15, 0.2) is 0 Å². The van der Waals surface area contributed by atoms with Gasteiger partial charge in [-0.15, -0.1) is 0 Å². The third kappa shape index (κ3) is 2.68. The lowest BCUT2D eigenvalue weighted by molar-refractivity contribution is -0.146. The number of nitrogens with zero attached hydrogens (tertiary/aromatic N) is 1. The minimum atomic E-state index is -0.355. The fraction of sp³-hybridized carbons (Fsp3) is 0.533. The summed E-state index contributed by atoms with van der Waals surface area (Å²) in [6.45, 7) is 2.80. The standard InChI is InChI=1S/C15H19ClN2O2/c16-12-5-2-1-4-11(12)13-6-3-8-18(13)15(19)14-10-17-7-9-20-14/h1-2,4-5,13-14,17H,3,6-10H2. The summed E-state index contributed by atoms with van der Waals surface area (Å²) >= 11 is 6.28. The lowest BCUT2D eigenvalue weighted by Gasteiger charge is -2.31. The molecule has 0 aliphatic carbocycles. The third-order valence-electron chi connectivity index (χ3n) is 4.00. The zero-order valence-electron chi connectivity index (χ0n) is 11.3. The Labute approximate surface area is 124 Å². The summed E-state index contributed by atoms with van der Waals surface area (Å²) in [5, 5.41) is 3.94. The van der Waals surface area contributed by atoms with Crippen LogP contribution in [0.15, 0.2) is 24.3 Å². The zero-order valence-corrected chi connectivity index (χ0v) is 12.1. The SMILES string of the molecule is O=C(C1CNCCO1)N1CCCC1c1ccccc1Cl. The van der Waals surface area contributed by atoms with Gasteiger partial charge in [0.2, 0.25) is 0 Å². The predicted octanol–water partition coefficient (Wildman–Crippen LogP) is 1.99. The molecule has 0 saturated carbocycles. The lowest BCUT2D eigenvalue weighted by Crippen LogP contribution is -2.49. The van der Waals surface area contributed by atoms with Crippen LogP contribution in [-0.2, 0) is 9.53 Å². The van der Waals surface area contributed by atoms with Crippen molar-refractivity contribution in [2.75, 3.05) is 26.2 Å². The highest BCUT2D eigenvalue weighted by molar-refractivity contribution is 6.31. The molecule has 20 heavy (non-hydrogen) atoms. The summed E-state index contributed by atoms with van der Waals surface area (Å²) < 4.78 is 5.58. The van der Waals surface area contributed by atoms with Gasteiger partial charge < -0.3 is 15.0 Å². The number of morpholine rings is 1. The predicted molar refractivity (Wildman–Crippen MR) is 77.7 cm³/mol. The minimum absolute atomic E-state index is 0.0830. The van der Waals surface area contributed by atoms with Crippen LogP contribution in [0.4, 0.5) is 0 Å². The molecule has 108 valence electrons. The smallest absolute Gasteiger partial charge is 0.253 e. The molecule has 4 nitrogen and oxygen atoms in total. The van der Waals surface area contributed by atoms with Crippen LogP contribution in [0.1, 0.15) is 24.4 Å². The van der Waals surface area contributed by atoms with Gasteiger partial charge in [0, 0.05) is 24.7 Å². The van der Waals surface area contributed by atoms with Gasteiger partial charge in [0.05, 0.1) is 12.6 Å². The van der Waals surface area contributed by atoms with Crippen molar-refractivity contribution < 1.29 is 9.53 Å². The van der Waals surface area contributed by atoms with Crippen LogP contribution in [0, 0.1) is 0 Å². The second kappa shape index (κ2) is 6.12. The number of hydrogen-bond donors (Lipinski definition) is 1. The van der Waals surface area contributed by atoms with E-state index in [1.54, 1.807) is 0 Å². The largest absolute Gasteiger partial charge is 0.366 e. The van der Waals surface area contributed by atoms with Crippen molar-refractivity contribution in [1.82, 2.24) is 10.2 Å². The molecule has 2 atom stereocenters. The highest BCUT2D eigenvalue weighted by atomic mass is 35.5. The third-order valence-corrected chi connectivity index (χ3v) is 4.35. The normalized spacial score (nSPS) is 26.8. The fourth-order valence-electron chi connectivity index (χ4n) is 3.01. The maximum atomic E-state index is 12.6. The summed E-state index contributed by atoms with van der Waals surface area (Å²) in [6.07, 6.45) is 1.63. The van der Waals surface area contributed by atoms with Gasteiger partial charge in [-0.05, 0) is 24.5 Å². The van der Waals surface area contributed by atoms with Crippen LogP contribution in [0.25, 0.3) is 0 Å². The van der Waals surface area contributed by atoms with Crippen molar-refractivity contribution in [3.05, 3.63) is 34.9 Å². The average molecular weight is 295 g/mol. The molecule has 3 rings (SSSR count). The van der Waals surface area contributed by atoms with Crippen LogP contribution < -0.4 is 5.32 Å². The first kappa shape index (κ1) is 13.9. The maximum Gasteiger partial charge on any atom is 0.253 e. The quantitative estimate of drug-likeness (QED) is 0.907. The molecule has 1 aromatic rings. The highest BCUT2D eigenvalue weighted by Gasteiger charge is 2.35.